The zero-order valence-electron chi connectivity index (χ0n) is 13.0. The molecule has 1 aromatic heterocycles. The topological polar surface area (TPSA) is 68.2 Å². The van der Waals surface area contributed by atoms with E-state index in [2.05, 4.69) is 38.6 Å². The molecule has 1 aromatic carbocycles. The van der Waals surface area contributed by atoms with E-state index in [1.807, 2.05) is 37.5 Å². The van der Waals surface area contributed by atoms with Crippen LogP contribution in [-0.2, 0) is 13.0 Å². The van der Waals surface area contributed by atoms with Gasteiger partial charge in [0.05, 0.1) is 6.54 Å². The molecule has 0 saturated carbocycles. The fourth-order valence-corrected chi connectivity index (χ4v) is 2.07. The predicted molar refractivity (Wildman–Crippen MR) is 90.8 cm³/mol. The minimum atomic E-state index is 0.448. The average molecular weight is 297 g/mol. The van der Waals surface area contributed by atoms with Crippen LogP contribution in [0.1, 0.15) is 18.3 Å². The van der Waals surface area contributed by atoms with Crippen LogP contribution in [0.2, 0.25) is 0 Å². The Balaban J connectivity index is 1.85. The lowest BCUT2D eigenvalue weighted by atomic mass is 10.2. The van der Waals surface area contributed by atoms with Crippen LogP contribution in [0.4, 0.5) is 0 Å². The van der Waals surface area contributed by atoms with Crippen LogP contribution in [0, 0.1) is 0 Å². The molecule has 0 fully saturated rings. The van der Waals surface area contributed by atoms with E-state index < -0.39 is 0 Å². The number of aromatic nitrogens is 2. The second kappa shape index (κ2) is 8.02. The van der Waals surface area contributed by atoms with Gasteiger partial charge in [0.25, 0.3) is 0 Å². The number of benzene rings is 1. The van der Waals surface area contributed by atoms with Crippen molar-refractivity contribution < 1.29 is 0 Å². The maximum atomic E-state index is 5.79. The number of guanidine groups is 1. The van der Waals surface area contributed by atoms with E-state index in [1.54, 1.807) is 0 Å². The van der Waals surface area contributed by atoms with Gasteiger partial charge in [0.1, 0.15) is 5.82 Å². The highest BCUT2D eigenvalue weighted by molar-refractivity contribution is 5.77. The Morgan fingerprint density at radius 2 is 2.14 bits per heavy atom. The van der Waals surface area contributed by atoms with Crippen molar-refractivity contribution in [3.8, 4) is 0 Å². The quantitative estimate of drug-likeness (QED) is 0.466. The van der Waals surface area contributed by atoms with Crippen molar-refractivity contribution in [2.75, 3.05) is 13.1 Å². The largest absolute Gasteiger partial charge is 0.370 e. The second-order valence-corrected chi connectivity index (χ2v) is 5.29. The molecule has 22 heavy (non-hydrogen) atoms. The molecule has 2 rings (SSSR count). The maximum Gasteiger partial charge on any atom is 0.188 e. The van der Waals surface area contributed by atoms with Gasteiger partial charge in [-0.15, -0.1) is 0 Å². The van der Waals surface area contributed by atoms with E-state index >= 15 is 0 Å². The van der Waals surface area contributed by atoms with Gasteiger partial charge in [-0.2, -0.15) is 0 Å². The predicted octanol–water partition coefficient (Wildman–Crippen LogP) is 1.95. The van der Waals surface area contributed by atoms with Crippen molar-refractivity contribution in [2.45, 2.75) is 19.9 Å². The van der Waals surface area contributed by atoms with Crippen molar-refractivity contribution in [2.24, 2.45) is 10.7 Å². The summed E-state index contributed by atoms with van der Waals surface area (Å²) in [6.07, 6.45) is 4.63. The van der Waals surface area contributed by atoms with Crippen LogP contribution in [0.15, 0.2) is 59.9 Å². The van der Waals surface area contributed by atoms with Gasteiger partial charge in [-0.1, -0.05) is 42.5 Å². The zero-order valence-corrected chi connectivity index (χ0v) is 13.0. The standard InChI is InChI=1S/C17H23N5/c1-14(2)12-21-17(18)20-9-8-16-19-10-11-22(16)13-15-6-4-3-5-7-15/h3-7,10-11H,1,8-9,12-13H2,2H3,(H3,18,20,21). The molecule has 1 heterocycles. The smallest absolute Gasteiger partial charge is 0.188 e. The van der Waals surface area contributed by atoms with Gasteiger partial charge in [-0.05, 0) is 12.5 Å². The Hall–Kier alpha value is -2.56. The Labute approximate surface area is 131 Å². The third-order valence-electron chi connectivity index (χ3n) is 3.17. The van der Waals surface area contributed by atoms with E-state index in [4.69, 9.17) is 5.73 Å². The number of hydrogen-bond donors (Lipinski definition) is 2. The monoisotopic (exact) mass is 297 g/mol. The van der Waals surface area contributed by atoms with E-state index in [0.717, 1.165) is 24.4 Å². The number of imidazole rings is 1. The molecule has 5 nitrogen and oxygen atoms in total. The molecule has 0 bridgehead atoms. The van der Waals surface area contributed by atoms with E-state index in [0.29, 0.717) is 19.0 Å². The molecule has 0 amide bonds. The van der Waals surface area contributed by atoms with Gasteiger partial charge in [0.15, 0.2) is 5.96 Å². The van der Waals surface area contributed by atoms with Crippen molar-refractivity contribution in [3.05, 3.63) is 66.3 Å². The first-order valence-electron chi connectivity index (χ1n) is 7.37. The highest BCUT2D eigenvalue weighted by Gasteiger charge is 2.03. The highest BCUT2D eigenvalue weighted by atomic mass is 15.1. The summed E-state index contributed by atoms with van der Waals surface area (Å²) >= 11 is 0. The Kier molecular flexibility index (Phi) is 5.77. The summed E-state index contributed by atoms with van der Waals surface area (Å²) in [7, 11) is 0. The molecule has 0 radical (unpaired) electrons. The van der Waals surface area contributed by atoms with Gasteiger partial charge in [0, 0.05) is 31.9 Å². The number of rotatable bonds is 7. The fraction of sp³-hybridized carbons (Fsp3) is 0.294. The lowest BCUT2D eigenvalue weighted by Gasteiger charge is -2.09. The molecule has 116 valence electrons. The first-order chi connectivity index (χ1) is 10.6. The lowest BCUT2D eigenvalue weighted by molar-refractivity contribution is 0.700. The van der Waals surface area contributed by atoms with E-state index in [1.165, 1.54) is 5.56 Å². The summed E-state index contributed by atoms with van der Waals surface area (Å²) in [5.41, 5.74) is 8.04. The molecule has 3 N–H and O–H groups in total. The third kappa shape index (κ3) is 5.09. The first-order valence-corrected chi connectivity index (χ1v) is 7.37. The van der Waals surface area contributed by atoms with Crippen molar-refractivity contribution in [1.82, 2.24) is 14.9 Å². The summed E-state index contributed by atoms with van der Waals surface area (Å²) in [6, 6.07) is 10.3. The lowest BCUT2D eigenvalue weighted by Crippen LogP contribution is -2.33. The molecule has 5 heteroatoms. The molecule has 0 spiro atoms. The molecule has 0 unspecified atom stereocenters. The van der Waals surface area contributed by atoms with Crippen molar-refractivity contribution in [3.63, 3.8) is 0 Å². The number of aliphatic imine (C=N–C) groups is 1. The number of nitrogens with one attached hydrogen (secondary N) is 1. The molecule has 0 aliphatic heterocycles. The van der Waals surface area contributed by atoms with Gasteiger partial charge < -0.3 is 15.6 Å². The molecular weight excluding hydrogens is 274 g/mol. The van der Waals surface area contributed by atoms with Gasteiger partial charge in [-0.25, -0.2) is 9.98 Å². The summed E-state index contributed by atoms with van der Waals surface area (Å²) in [5.74, 6) is 1.48. The third-order valence-corrected chi connectivity index (χ3v) is 3.17. The molecule has 0 aliphatic rings. The summed E-state index contributed by atoms with van der Waals surface area (Å²) in [6.45, 7) is 7.81. The molecule has 0 atom stereocenters. The second-order valence-electron chi connectivity index (χ2n) is 5.29. The SMILES string of the molecule is C=C(C)CN=C(N)NCCc1nccn1Cc1ccccc1. The molecular formula is C17H23N5. The first kappa shape index (κ1) is 15.8. The minimum absolute atomic E-state index is 0.448. The van der Waals surface area contributed by atoms with Crippen LogP contribution in [0.3, 0.4) is 0 Å². The van der Waals surface area contributed by atoms with Gasteiger partial charge in [0.2, 0.25) is 0 Å². The minimum Gasteiger partial charge on any atom is -0.370 e. The average Bonchev–Trinajstić information content (AvgIpc) is 2.93. The number of nitrogens with zero attached hydrogens (tertiary/aromatic N) is 3. The van der Waals surface area contributed by atoms with Crippen molar-refractivity contribution in [1.29, 1.82) is 0 Å². The zero-order chi connectivity index (χ0) is 15.8. The Morgan fingerprint density at radius 1 is 1.36 bits per heavy atom. The summed E-state index contributed by atoms with van der Waals surface area (Å²) in [4.78, 5) is 8.60. The molecule has 2 aromatic rings. The van der Waals surface area contributed by atoms with E-state index in [-0.39, 0.29) is 0 Å². The molecule has 0 saturated heterocycles. The number of nitrogens with two attached hydrogens (primary N) is 1. The molecule has 0 aliphatic carbocycles. The van der Waals surface area contributed by atoms with Crippen LogP contribution < -0.4 is 11.1 Å². The highest BCUT2D eigenvalue weighted by Crippen LogP contribution is 2.05. The van der Waals surface area contributed by atoms with Gasteiger partial charge in [-0.3, -0.25) is 0 Å². The maximum absolute atomic E-state index is 5.79. The van der Waals surface area contributed by atoms with Crippen molar-refractivity contribution >= 4 is 5.96 Å². The van der Waals surface area contributed by atoms with Gasteiger partial charge >= 0.3 is 0 Å². The van der Waals surface area contributed by atoms with Crippen LogP contribution >= 0.6 is 0 Å². The van der Waals surface area contributed by atoms with E-state index in [9.17, 15) is 0 Å². The Morgan fingerprint density at radius 3 is 2.86 bits per heavy atom. The summed E-state index contributed by atoms with van der Waals surface area (Å²) < 4.78 is 2.15. The van der Waals surface area contributed by atoms with Crippen LogP contribution in [0.5, 0.6) is 0 Å². The summed E-state index contributed by atoms with van der Waals surface area (Å²) in [5, 5.41) is 3.10. The Bertz CT molecular complexity index is 628. The number of hydrogen-bond acceptors (Lipinski definition) is 2. The van der Waals surface area contributed by atoms with Crippen LogP contribution in [0.25, 0.3) is 0 Å². The van der Waals surface area contributed by atoms with Crippen LogP contribution in [-0.4, -0.2) is 28.6 Å². The fourth-order valence-electron chi connectivity index (χ4n) is 2.07. The normalized spacial score (nSPS) is 11.4.